The Bertz CT molecular complexity index is 748. The first-order valence-corrected chi connectivity index (χ1v) is 7.34. The maximum atomic E-state index is 13.6. The molecule has 0 aliphatic rings. The van der Waals surface area contributed by atoms with Gasteiger partial charge >= 0.3 is 41.7 Å². The van der Waals surface area contributed by atoms with E-state index in [1.165, 1.54) is 6.07 Å². The van der Waals surface area contributed by atoms with Crippen molar-refractivity contribution in [2.75, 3.05) is 13.7 Å². The Labute approximate surface area is 159 Å². The van der Waals surface area contributed by atoms with Crippen LogP contribution in [0, 0.1) is 0 Å². The van der Waals surface area contributed by atoms with Crippen molar-refractivity contribution in [1.29, 1.82) is 0 Å². The van der Waals surface area contributed by atoms with Crippen LogP contribution in [0.4, 0.5) is 52.7 Å². The predicted molar refractivity (Wildman–Crippen MR) is 73.4 cm³/mol. The van der Waals surface area contributed by atoms with Gasteiger partial charge in [-0.15, -0.1) is 0 Å². The van der Waals surface area contributed by atoms with Gasteiger partial charge < -0.3 is 9.47 Å². The average molecular weight is 466 g/mol. The van der Waals surface area contributed by atoms with E-state index in [9.17, 15) is 57.5 Å². The van der Waals surface area contributed by atoms with Crippen LogP contribution in [0.15, 0.2) is 30.3 Å². The summed E-state index contributed by atoms with van der Waals surface area (Å²) in [4.78, 5) is 11.4. The zero-order valence-corrected chi connectivity index (χ0v) is 14.4. The van der Waals surface area contributed by atoms with Gasteiger partial charge in [0.05, 0.1) is 5.56 Å². The second kappa shape index (κ2) is 7.81. The van der Waals surface area contributed by atoms with Gasteiger partial charge in [0.1, 0.15) is 0 Å². The van der Waals surface area contributed by atoms with Gasteiger partial charge in [0.25, 0.3) is 0 Å². The molecule has 0 N–H and O–H groups in total. The van der Waals surface area contributed by atoms with Crippen LogP contribution < -0.4 is 0 Å². The Morgan fingerprint density at radius 3 is 1.60 bits per heavy atom. The summed E-state index contributed by atoms with van der Waals surface area (Å²) < 4.78 is 166. The van der Waals surface area contributed by atoms with Crippen molar-refractivity contribution in [2.45, 2.75) is 35.7 Å². The number of rotatable bonds is 9. The van der Waals surface area contributed by atoms with Crippen LogP contribution >= 0.6 is 0 Å². The molecule has 3 nitrogen and oxygen atoms in total. The van der Waals surface area contributed by atoms with Crippen LogP contribution in [-0.2, 0) is 9.47 Å². The maximum Gasteiger partial charge on any atom is 0.425 e. The molecular weight excluding hydrogens is 456 g/mol. The first-order valence-electron chi connectivity index (χ1n) is 7.34. The molecule has 0 bridgehead atoms. The molecule has 0 unspecified atom stereocenters. The number of methoxy groups -OCH3 is 1. The van der Waals surface area contributed by atoms with E-state index in [2.05, 4.69) is 9.47 Å². The molecule has 0 heterocycles. The molecule has 0 atom stereocenters. The highest BCUT2D eigenvalue weighted by molar-refractivity contribution is 5.89. The molecule has 0 radical (unpaired) electrons. The third-order valence-corrected chi connectivity index (χ3v) is 3.66. The summed E-state index contributed by atoms with van der Waals surface area (Å²) in [6.07, 6.45) is -6.44. The van der Waals surface area contributed by atoms with Crippen LogP contribution in [-0.4, -0.2) is 55.4 Å². The van der Waals surface area contributed by atoms with Gasteiger partial charge in [-0.2, -0.15) is 52.7 Å². The Hall–Kier alpha value is -2.19. The largest absolute Gasteiger partial charge is 0.455 e. The minimum atomic E-state index is -7.76. The number of carbonyl (C=O) groups is 1. The van der Waals surface area contributed by atoms with E-state index in [1.807, 2.05) is 0 Å². The molecule has 0 aromatic heterocycles. The zero-order valence-electron chi connectivity index (χ0n) is 14.4. The molecule has 15 heteroatoms. The predicted octanol–water partition coefficient (Wildman–Crippen LogP) is 5.26. The van der Waals surface area contributed by atoms with Gasteiger partial charge in [0, 0.05) is 7.11 Å². The fourth-order valence-corrected chi connectivity index (χ4v) is 1.84. The smallest absolute Gasteiger partial charge is 0.425 e. The molecule has 30 heavy (non-hydrogen) atoms. The first kappa shape index (κ1) is 25.8. The second-order valence-corrected chi connectivity index (χ2v) is 5.67. The lowest BCUT2D eigenvalue weighted by molar-refractivity contribution is -0.455. The lowest BCUT2D eigenvalue weighted by Crippen LogP contribution is -2.71. The molecule has 1 rings (SSSR count). The van der Waals surface area contributed by atoms with E-state index >= 15 is 0 Å². The summed E-state index contributed by atoms with van der Waals surface area (Å²) in [5.74, 6) is -38.4. The summed E-state index contributed by atoms with van der Waals surface area (Å²) >= 11 is 0. The van der Waals surface area contributed by atoms with E-state index in [4.69, 9.17) is 0 Å². The second-order valence-electron chi connectivity index (χ2n) is 5.67. The van der Waals surface area contributed by atoms with Gasteiger partial charge in [-0.1, -0.05) is 18.2 Å². The summed E-state index contributed by atoms with van der Waals surface area (Å²) in [5.41, 5.74) is -0.542. The highest BCUT2D eigenvalue weighted by Crippen LogP contribution is 2.60. The number of halogens is 12. The third kappa shape index (κ3) is 3.90. The first-order chi connectivity index (χ1) is 13.3. The maximum absolute atomic E-state index is 13.6. The van der Waals surface area contributed by atoms with Crippen molar-refractivity contribution in [3.63, 3.8) is 0 Å². The van der Waals surface area contributed by atoms with Gasteiger partial charge in [0.15, 0.2) is 6.61 Å². The molecule has 0 aliphatic heterocycles. The van der Waals surface area contributed by atoms with Crippen molar-refractivity contribution in [3.05, 3.63) is 35.9 Å². The third-order valence-electron chi connectivity index (χ3n) is 3.66. The topological polar surface area (TPSA) is 35.5 Å². The summed E-state index contributed by atoms with van der Waals surface area (Å²) in [7, 11) is -0.349. The quantitative estimate of drug-likeness (QED) is 0.368. The highest BCUT2D eigenvalue weighted by atomic mass is 19.4. The monoisotopic (exact) mass is 466 g/mol. The molecule has 0 spiro atoms. The van der Waals surface area contributed by atoms with Crippen molar-refractivity contribution in [3.8, 4) is 0 Å². The minimum absolute atomic E-state index is 0.349. The number of ether oxygens (including phenoxy) is 2. The van der Waals surface area contributed by atoms with Gasteiger partial charge in [-0.05, 0) is 12.1 Å². The number of alkyl halides is 12. The van der Waals surface area contributed by atoms with Crippen LogP contribution in [0.25, 0.3) is 0 Å². The normalized spacial score (nSPS) is 14.6. The van der Waals surface area contributed by atoms with Gasteiger partial charge in [-0.3, -0.25) is 0 Å². The molecule has 1 aromatic rings. The Morgan fingerprint density at radius 1 is 0.733 bits per heavy atom. The molecule has 172 valence electrons. The molecule has 0 saturated heterocycles. The lowest BCUT2D eigenvalue weighted by atomic mass is 9.94. The number of hydrogen-bond acceptors (Lipinski definition) is 3. The molecule has 0 fully saturated rings. The van der Waals surface area contributed by atoms with Crippen molar-refractivity contribution in [1.82, 2.24) is 0 Å². The molecule has 0 saturated carbocycles. The van der Waals surface area contributed by atoms with Gasteiger partial charge in [0.2, 0.25) is 0 Å². The van der Waals surface area contributed by atoms with Crippen LogP contribution in [0.5, 0.6) is 0 Å². The molecule has 0 amide bonds. The number of esters is 1. The number of benzene rings is 1. The SMILES string of the molecule is COC(F)(F)C(F)(F)C(F)(F)C(F)(F)C(F)(F)C(F)(F)COC(=O)c1ccccc1. The Kier molecular flexibility index (Phi) is 6.73. The average Bonchev–Trinajstić information content (AvgIpc) is 2.65. The lowest BCUT2D eigenvalue weighted by Gasteiger charge is -2.40. The Balaban J connectivity index is 3.23. The van der Waals surface area contributed by atoms with E-state index in [-0.39, 0.29) is 7.11 Å². The van der Waals surface area contributed by atoms with E-state index in [0.717, 1.165) is 24.3 Å². The Morgan fingerprint density at radius 2 is 1.17 bits per heavy atom. The molecular formula is C15H10F12O3. The number of carbonyl (C=O) groups excluding carboxylic acids is 1. The standard InChI is InChI=1S/C15H10F12O3/c1-29-15(26,27)14(24,25)13(22,23)12(20,21)11(18,19)10(16,17)7-30-9(28)8-5-3-2-4-6-8/h2-6H,7H2,1H3. The van der Waals surface area contributed by atoms with Crippen molar-refractivity contribution < 1.29 is 67.0 Å². The zero-order chi connectivity index (χ0) is 23.8. The molecule has 0 aliphatic carbocycles. The van der Waals surface area contributed by atoms with E-state index in [0.29, 0.717) is 0 Å². The van der Waals surface area contributed by atoms with Crippen LogP contribution in [0.1, 0.15) is 10.4 Å². The summed E-state index contributed by atoms with van der Waals surface area (Å²) in [5, 5.41) is 0. The molecule has 1 aromatic carbocycles. The van der Waals surface area contributed by atoms with Crippen molar-refractivity contribution >= 4 is 5.97 Å². The van der Waals surface area contributed by atoms with E-state index < -0.39 is 53.9 Å². The minimum Gasteiger partial charge on any atom is -0.455 e. The highest BCUT2D eigenvalue weighted by Gasteiger charge is 2.90. The fraction of sp³-hybridized carbons (Fsp3) is 0.533. The number of hydrogen-bond donors (Lipinski definition) is 0. The van der Waals surface area contributed by atoms with Gasteiger partial charge in [-0.25, -0.2) is 4.79 Å². The van der Waals surface area contributed by atoms with Crippen LogP contribution in [0.2, 0.25) is 0 Å². The van der Waals surface area contributed by atoms with Crippen molar-refractivity contribution in [2.24, 2.45) is 0 Å². The summed E-state index contributed by atoms with van der Waals surface area (Å²) in [6, 6.07) is 5.44. The summed E-state index contributed by atoms with van der Waals surface area (Å²) in [6.45, 7) is -2.97. The van der Waals surface area contributed by atoms with Crippen LogP contribution in [0.3, 0.4) is 0 Å². The fourth-order valence-electron chi connectivity index (χ4n) is 1.84. The van der Waals surface area contributed by atoms with E-state index in [1.54, 1.807) is 0 Å².